The zero-order chi connectivity index (χ0) is 21.3. The fraction of sp³-hybridized carbons (Fsp3) is 0.450. The maximum atomic E-state index is 13.2. The monoisotopic (exact) mass is 568 g/mol. The Morgan fingerprint density at radius 2 is 1.77 bits per heavy atom. The summed E-state index contributed by atoms with van der Waals surface area (Å²) in [6.45, 7) is 5.87. The van der Waals surface area contributed by atoms with Crippen molar-refractivity contribution in [3.63, 3.8) is 0 Å². The van der Waals surface area contributed by atoms with Gasteiger partial charge in [0.1, 0.15) is 10.0 Å². The summed E-state index contributed by atoms with van der Waals surface area (Å²) >= 11 is 1.31. The van der Waals surface area contributed by atoms with E-state index in [1.54, 1.807) is 19.2 Å². The Labute approximate surface area is 200 Å². The van der Waals surface area contributed by atoms with Crippen LogP contribution in [0.15, 0.2) is 45.6 Å². The normalized spacial score (nSPS) is 12.0. The van der Waals surface area contributed by atoms with Gasteiger partial charge in [-0.25, -0.2) is 12.8 Å². The van der Waals surface area contributed by atoms with Gasteiger partial charge in [-0.15, -0.1) is 35.3 Å². The van der Waals surface area contributed by atoms with Crippen LogP contribution in [0.2, 0.25) is 0 Å². The lowest BCUT2D eigenvalue weighted by atomic mass is 10.1. The first-order valence-electron chi connectivity index (χ1n) is 9.68. The summed E-state index contributed by atoms with van der Waals surface area (Å²) in [6, 6.07) is 10.1. The zero-order valence-corrected chi connectivity index (χ0v) is 21.5. The molecule has 2 rings (SSSR count). The molecule has 30 heavy (non-hydrogen) atoms. The molecule has 0 bridgehead atoms. The minimum Gasteiger partial charge on any atom is -0.356 e. The average Bonchev–Trinajstić information content (AvgIpc) is 3.17. The van der Waals surface area contributed by atoms with Crippen LogP contribution in [-0.4, -0.2) is 51.9 Å². The molecule has 0 radical (unpaired) electrons. The third kappa shape index (κ3) is 7.78. The second-order valence-corrected chi connectivity index (χ2v) is 9.70. The molecule has 2 N–H and O–H groups in total. The highest BCUT2D eigenvalue weighted by atomic mass is 127. The Kier molecular flexibility index (Phi) is 11.8. The van der Waals surface area contributed by atoms with E-state index in [4.69, 9.17) is 0 Å². The van der Waals surface area contributed by atoms with Crippen LogP contribution in [0.25, 0.3) is 0 Å². The van der Waals surface area contributed by atoms with Gasteiger partial charge >= 0.3 is 0 Å². The van der Waals surface area contributed by atoms with Crippen molar-refractivity contribution < 1.29 is 12.8 Å². The number of aliphatic imine (C=N–C) groups is 1. The molecule has 0 saturated carbocycles. The van der Waals surface area contributed by atoms with Crippen LogP contribution in [0.5, 0.6) is 0 Å². The van der Waals surface area contributed by atoms with E-state index in [1.807, 2.05) is 26.0 Å². The van der Waals surface area contributed by atoms with Crippen molar-refractivity contribution in [1.29, 1.82) is 0 Å². The summed E-state index contributed by atoms with van der Waals surface area (Å²) in [5, 5.41) is 6.42. The van der Waals surface area contributed by atoms with Gasteiger partial charge in [-0.2, -0.15) is 4.31 Å². The lowest BCUT2D eigenvalue weighted by Crippen LogP contribution is -2.39. The van der Waals surface area contributed by atoms with Crippen LogP contribution >= 0.6 is 35.3 Å². The third-order valence-electron chi connectivity index (χ3n) is 4.42. The molecule has 0 aliphatic heterocycles. The van der Waals surface area contributed by atoms with Gasteiger partial charge in [0.15, 0.2) is 5.96 Å². The molecule has 0 unspecified atom stereocenters. The molecule has 0 atom stereocenters. The fourth-order valence-corrected chi connectivity index (χ4v) is 5.83. The molecule has 0 fully saturated rings. The molecule has 168 valence electrons. The second-order valence-electron chi connectivity index (χ2n) is 6.37. The van der Waals surface area contributed by atoms with Crippen LogP contribution < -0.4 is 10.6 Å². The van der Waals surface area contributed by atoms with E-state index in [0.717, 1.165) is 10.4 Å². The number of thiophene rings is 1. The Morgan fingerprint density at radius 1 is 1.10 bits per heavy atom. The number of benzene rings is 1. The number of halogens is 2. The smallest absolute Gasteiger partial charge is 0.252 e. The molecule has 10 heteroatoms. The number of sulfonamides is 1. The Morgan fingerprint density at radius 3 is 2.37 bits per heavy atom. The van der Waals surface area contributed by atoms with E-state index in [1.165, 1.54) is 27.8 Å². The maximum Gasteiger partial charge on any atom is 0.252 e. The van der Waals surface area contributed by atoms with Crippen molar-refractivity contribution in [3.05, 3.63) is 52.7 Å². The summed E-state index contributed by atoms with van der Waals surface area (Å²) in [5.74, 6) is 0.428. The molecule has 0 saturated heterocycles. The Hall–Kier alpha value is -1.24. The van der Waals surface area contributed by atoms with Gasteiger partial charge < -0.3 is 10.6 Å². The van der Waals surface area contributed by atoms with Crippen molar-refractivity contribution in [3.8, 4) is 0 Å². The van der Waals surface area contributed by atoms with E-state index in [0.29, 0.717) is 49.2 Å². The van der Waals surface area contributed by atoms with Crippen molar-refractivity contribution in [1.82, 2.24) is 14.9 Å². The second kappa shape index (κ2) is 13.2. The molecule has 1 heterocycles. The van der Waals surface area contributed by atoms with E-state index in [9.17, 15) is 12.8 Å². The topological polar surface area (TPSA) is 73.8 Å². The number of guanidine groups is 1. The van der Waals surface area contributed by atoms with Gasteiger partial charge in [0, 0.05) is 38.1 Å². The van der Waals surface area contributed by atoms with Gasteiger partial charge in [0.2, 0.25) is 0 Å². The number of hydrogen-bond donors (Lipinski definition) is 2. The van der Waals surface area contributed by atoms with Crippen molar-refractivity contribution in [2.45, 2.75) is 30.9 Å². The van der Waals surface area contributed by atoms with Gasteiger partial charge in [-0.1, -0.05) is 26.0 Å². The Bertz CT molecular complexity index is 915. The fourth-order valence-electron chi connectivity index (χ4n) is 2.86. The molecule has 0 spiro atoms. The van der Waals surface area contributed by atoms with Crippen molar-refractivity contribution in [2.24, 2.45) is 4.99 Å². The van der Waals surface area contributed by atoms with Crippen LogP contribution in [-0.2, 0) is 22.9 Å². The van der Waals surface area contributed by atoms with Crippen LogP contribution in [0.1, 0.15) is 24.3 Å². The van der Waals surface area contributed by atoms with E-state index in [-0.39, 0.29) is 29.8 Å². The number of rotatable bonds is 10. The maximum absolute atomic E-state index is 13.2. The average molecular weight is 569 g/mol. The largest absolute Gasteiger partial charge is 0.356 e. The van der Waals surface area contributed by atoms with E-state index in [2.05, 4.69) is 15.6 Å². The van der Waals surface area contributed by atoms with Gasteiger partial charge in [0.05, 0.1) is 0 Å². The summed E-state index contributed by atoms with van der Waals surface area (Å²) < 4.78 is 40.2. The molecule has 0 aliphatic rings. The van der Waals surface area contributed by atoms with Gasteiger partial charge in [0.25, 0.3) is 10.0 Å². The summed E-state index contributed by atoms with van der Waals surface area (Å²) in [6.07, 6.45) is 1.39. The highest BCUT2D eigenvalue weighted by Crippen LogP contribution is 2.25. The minimum absolute atomic E-state index is 0. The zero-order valence-electron chi connectivity index (χ0n) is 17.5. The molecule has 1 aromatic carbocycles. The summed E-state index contributed by atoms with van der Waals surface area (Å²) in [5.41, 5.74) is 0.925. The predicted molar refractivity (Wildman–Crippen MR) is 133 cm³/mol. The first-order valence-corrected chi connectivity index (χ1v) is 11.9. The lowest BCUT2D eigenvalue weighted by Gasteiger charge is -2.16. The van der Waals surface area contributed by atoms with E-state index >= 15 is 0 Å². The third-order valence-corrected chi connectivity index (χ3v) is 8.08. The standard InChI is InChI=1S/C20H29FN4O2S2.HI/c1-4-25(5-2)29(26,27)19-10-9-18(28-19)12-14-24-20(22-3)23-13-11-16-7-6-8-17(21)15-16;/h6-10,15H,4-5,11-14H2,1-3H3,(H2,22,23,24);1H. The van der Waals surface area contributed by atoms with Gasteiger partial charge in [-0.3, -0.25) is 4.99 Å². The first kappa shape index (κ1) is 26.8. The SMILES string of the molecule is CCN(CC)S(=O)(=O)c1ccc(CCNC(=NC)NCCc2cccc(F)c2)s1.I. The summed E-state index contributed by atoms with van der Waals surface area (Å²) in [7, 11) is -1.71. The molecule has 1 aromatic heterocycles. The van der Waals surface area contributed by atoms with Crippen molar-refractivity contribution in [2.75, 3.05) is 33.2 Å². The molecule has 6 nitrogen and oxygen atoms in total. The molecule has 0 amide bonds. The molecular formula is C20H30FIN4O2S2. The highest BCUT2D eigenvalue weighted by Gasteiger charge is 2.23. The van der Waals surface area contributed by atoms with Crippen molar-refractivity contribution >= 4 is 51.3 Å². The predicted octanol–water partition coefficient (Wildman–Crippen LogP) is 3.49. The van der Waals surface area contributed by atoms with Crippen LogP contribution in [0.4, 0.5) is 4.39 Å². The molecule has 0 aliphatic carbocycles. The highest BCUT2D eigenvalue weighted by molar-refractivity contribution is 14.0. The number of nitrogens with one attached hydrogen (secondary N) is 2. The quantitative estimate of drug-likeness (QED) is 0.262. The minimum atomic E-state index is -3.40. The number of hydrogen-bond acceptors (Lipinski definition) is 4. The Balaban J connectivity index is 0.00000450. The lowest BCUT2D eigenvalue weighted by molar-refractivity contribution is 0.447. The molecule has 2 aromatic rings. The molecular weight excluding hydrogens is 538 g/mol. The summed E-state index contributed by atoms with van der Waals surface area (Å²) in [4.78, 5) is 5.18. The van der Waals surface area contributed by atoms with Crippen LogP contribution in [0, 0.1) is 5.82 Å². The van der Waals surface area contributed by atoms with E-state index < -0.39 is 10.0 Å². The number of nitrogens with zero attached hydrogens (tertiary/aromatic N) is 2. The first-order chi connectivity index (χ1) is 13.9. The van der Waals surface area contributed by atoms with Crippen LogP contribution in [0.3, 0.4) is 0 Å². The van der Waals surface area contributed by atoms with Gasteiger partial charge in [-0.05, 0) is 42.7 Å².